The van der Waals surface area contributed by atoms with E-state index in [0.29, 0.717) is 5.82 Å². The van der Waals surface area contributed by atoms with Crippen molar-refractivity contribution in [1.82, 2.24) is 15.2 Å². The summed E-state index contributed by atoms with van der Waals surface area (Å²) < 4.78 is 0. The molecule has 0 aliphatic rings. The number of aromatic nitrogens is 3. The molecule has 0 bridgehead atoms. The summed E-state index contributed by atoms with van der Waals surface area (Å²) in [7, 11) is 0. The van der Waals surface area contributed by atoms with Gasteiger partial charge in [-0.3, -0.25) is 9.89 Å². The molecule has 0 aliphatic carbocycles. The highest BCUT2D eigenvalue weighted by Gasteiger charge is 2.16. The molecule has 1 amide bonds. The van der Waals surface area contributed by atoms with Crippen molar-refractivity contribution in [1.29, 1.82) is 0 Å². The van der Waals surface area contributed by atoms with Crippen molar-refractivity contribution in [2.75, 3.05) is 5.32 Å². The average molecular weight is 263 g/mol. The van der Waals surface area contributed by atoms with E-state index >= 15 is 0 Å². The first-order valence-electron chi connectivity index (χ1n) is 5.67. The number of hydrogen-bond donors (Lipinski definition) is 3. The average Bonchev–Trinajstić information content (AvgIpc) is 2.96. The Balaban J connectivity index is 2.09. The zero-order chi connectivity index (χ0) is 14.0. The summed E-state index contributed by atoms with van der Waals surface area (Å²) >= 11 is 0. The quantitative estimate of drug-likeness (QED) is 0.577. The first-order chi connectivity index (χ1) is 8.97. The third kappa shape index (κ3) is 2.79. The van der Waals surface area contributed by atoms with E-state index in [-0.39, 0.29) is 17.4 Å². The number of hydrogen-bond acceptors (Lipinski definition) is 4. The predicted molar refractivity (Wildman–Crippen MR) is 68.1 cm³/mol. The van der Waals surface area contributed by atoms with Gasteiger partial charge in [0.05, 0.1) is 0 Å². The minimum absolute atomic E-state index is 0.112. The molecule has 2 aromatic heterocycles. The molecule has 0 aromatic carbocycles. The second kappa shape index (κ2) is 4.92. The Morgan fingerprint density at radius 2 is 2.21 bits per heavy atom. The molecule has 8 nitrogen and oxygen atoms in total. The van der Waals surface area contributed by atoms with E-state index in [2.05, 4.69) is 20.5 Å². The largest absolute Gasteiger partial charge is 0.358 e. The van der Waals surface area contributed by atoms with Gasteiger partial charge in [-0.25, -0.2) is 4.98 Å². The molecule has 2 heterocycles. The smallest absolute Gasteiger partial charge is 0.321 e. The lowest BCUT2D eigenvalue weighted by atomic mass is 10.1. The number of carbonyl (C=O) groups is 1. The van der Waals surface area contributed by atoms with Gasteiger partial charge in [0.25, 0.3) is 5.91 Å². The van der Waals surface area contributed by atoms with E-state index in [4.69, 9.17) is 0 Å². The van der Waals surface area contributed by atoms with Gasteiger partial charge in [0.1, 0.15) is 0 Å². The normalized spacial score (nSPS) is 10.7. The van der Waals surface area contributed by atoms with Crippen molar-refractivity contribution >= 4 is 17.5 Å². The molecule has 0 radical (unpaired) electrons. The number of anilines is 1. The van der Waals surface area contributed by atoms with Crippen LogP contribution in [0.1, 0.15) is 35.9 Å². The second-order valence-electron chi connectivity index (χ2n) is 4.33. The number of nitro groups is 1. The van der Waals surface area contributed by atoms with Crippen LogP contribution in [0.15, 0.2) is 18.2 Å². The van der Waals surface area contributed by atoms with Crippen LogP contribution in [0.5, 0.6) is 0 Å². The number of carbonyl (C=O) groups excluding carboxylic acids is 1. The van der Waals surface area contributed by atoms with Crippen molar-refractivity contribution in [3.8, 4) is 0 Å². The molecule has 2 rings (SSSR count). The maximum absolute atomic E-state index is 11.8. The third-order valence-electron chi connectivity index (χ3n) is 2.57. The van der Waals surface area contributed by atoms with Crippen molar-refractivity contribution in [2.24, 2.45) is 0 Å². The van der Waals surface area contributed by atoms with Crippen LogP contribution in [-0.4, -0.2) is 26.0 Å². The van der Waals surface area contributed by atoms with Crippen molar-refractivity contribution in [3.05, 3.63) is 39.7 Å². The van der Waals surface area contributed by atoms with Gasteiger partial charge in [-0.05, 0) is 16.9 Å². The fourth-order valence-corrected chi connectivity index (χ4v) is 1.50. The van der Waals surface area contributed by atoms with E-state index in [1.807, 2.05) is 13.8 Å². The highest BCUT2D eigenvalue weighted by molar-refractivity contribution is 6.02. The molecule has 8 heteroatoms. The van der Waals surface area contributed by atoms with E-state index in [9.17, 15) is 14.9 Å². The Morgan fingerprint density at radius 1 is 1.47 bits per heavy atom. The van der Waals surface area contributed by atoms with Gasteiger partial charge >= 0.3 is 5.82 Å². The number of aromatic amines is 2. The van der Waals surface area contributed by atoms with Gasteiger partial charge < -0.3 is 15.4 Å². The van der Waals surface area contributed by atoms with Crippen molar-refractivity contribution < 1.29 is 9.72 Å². The Bertz CT molecular complexity index is 613. The molecule has 3 N–H and O–H groups in total. The van der Waals surface area contributed by atoms with Crippen LogP contribution in [0.3, 0.4) is 0 Å². The Hall–Kier alpha value is -2.64. The summed E-state index contributed by atoms with van der Waals surface area (Å²) in [6.45, 7) is 3.99. The first kappa shape index (κ1) is 12.8. The lowest BCUT2D eigenvalue weighted by Gasteiger charge is -1.97. The molecule has 0 spiro atoms. The fourth-order valence-electron chi connectivity index (χ4n) is 1.50. The lowest BCUT2D eigenvalue weighted by molar-refractivity contribution is -0.389. The fraction of sp³-hybridized carbons (Fsp3) is 0.273. The molecule has 0 atom stereocenters. The Kier molecular flexibility index (Phi) is 3.32. The van der Waals surface area contributed by atoms with Gasteiger partial charge in [-0.15, -0.1) is 0 Å². The molecule has 0 saturated carbocycles. The maximum atomic E-state index is 11.8. The van der Waals surface area contributed by atoms with Gasteiger partial charge in [0.15, 0.2) is 11.5 Å². The monoisotopic (exact) mass is 263 g/mol. The molecule has 2 aromatic rings. The van der Waals surface area contributed by atoms with E-state index < -0.39 is 10.8 Å². The number of H-pyrrole nitrogens is 2. The topological polar surface area (TPSA) is 117 Å². The standard InChI is InChI=1S/C11H13N5O3/c1-6(2)8-5-9(15-14-8)13-11(17)7-3-4-10(12-7)16(18)19/h3-6,12H,1-2H3,(H2,13,14,15,17). The highest BCUT2D eigenvalue weighted by atomic mass is 16.6. The summed E-state index contributed by atoms with van der Waals surface area (Å²) in [6, 6.07) is 4.31. The van der Waals surface area contributed by atoms with E-state index in [1.165, 1.54) is 12.1 Å². The molecular formula is C11H13N5O3. The molecule has 100 valence electrons. The SMILES string of the molecule is CC(C)c1cc(NC(=O)c2ccc([N+](=O)[O-])[nH]2)n[nH]1. The highest BCUT2D eigenvalue weighted by Crippen LogP contribution is 2.16. The van der Waals surface area contributed by atoms with Crippen LogP contribution >= 0.6 is 0 Å². The van der Waals surface area contributed by atoms with Crippen LogP contribution in [0.25, 0.3) is 0 Å². The zero-order valence-electron chi connectivity index (χ0n) is 10.4. The van der Waals surface area contributed by atoms with Gasteiger partial charge in [0, 0.05) is 17.8 Å². The number of amides is 1. The third-order valence-corrected chi connectivity index (χ3v) is 2.57. The minimum Gasteiger partial charge on any atom is -0.358 e. The minimum atomic E-state index is -0.595. The summed E-state index contributed by atoms with van der Waals surface area (Å²) in [4.78, 5) is 24.1. The lowest BCUT2D eigenvalue weighted by Crippen LogP contribution is -2.12. The number of nitrogens with zero attached hydrogens (tertiary/aromatic N) is 2. The van der Waals surface area contributed by atoms with E-state index in [0.717, 1.165) is 5.69 Å². The number of rotatable bonds is 4. The molecule has 19 heavy (non-hydrogen) atoms. The molecule has 0 aliphatic heterocycles. The van der Waals surface area contributed by atoms with Crippen LogP contribution in [-0.2, 0) is 0 Å². The Morgan fingerprint density at radius 3 is 2.74 bits per heavy atom. The second-order valence-corrected chi connectivity index (χ2v) is 4.33. The number of nitrogens with one attached hydrogen (secondary N) is 3. The molecule has 0 saturated heterocycles. The summed E-state index contributed by atoms with van der Waals surface area (Å²) in [5.41, 5.74) is 1.01. The van der Waals surface area contributed by atoms with Crippen LogP contribution in [0.2, 0.25) is 0 Å². The van der Waals surface area contributed by atoms with Gasteiger partial charge in [-0.2, -0.15) is 5.10 Å². The maximum Gasteiger partial charge on any atom is 0.321 e. The van der Waals surface area contributed by atoms with Crippen molar-refractivity contribution in [2.45, 2.75) is 19.8 Å². The Labute approximate surface area is 108 Å². The molecule has 0 fully saturated rings. The zero-order valence-corrected chi connectivity index (χ0v) is 10.4. The van der Waals surface area contributed by atoms with Gasteiger partial charge in [-0.1, -0.05) is 13.8 Å². The van der Waals surface area contributed by atoms with Crippen LogP contribution in [0, 0.1) is 10.1 Å². The summed E-state index contributed by atoms with van der Waals surface area (Å²) in [6.07, 6.45) is 0. The molecular weight excluding hydrogens is 250 g/mol. The predicted octanol–water partition coefficient (Wildman–Crippen LogP) is 2.02. The van der Waals surface area contributed by atoms with Crippen LogP contribution in [0.4, 0.5) is 11.6 Å². The summed E-state index contributed by atoms with van der Waals surface area (Å²) in [5.74, 6) is -0.0550. The van der Waals surface area contributed by atoms with Crippen LogP contribution < -0.4 is 5.32 Å². The molecule has 0 unspecified atom stereocenters. The first-order valence-corrected chi connectivity index (χ1v) is 5.67. The summed E-state index contributed by atoms with van der Waals surface area (Å²) in [5, 5.41) is 19.8. The van der Waals surface area contributed by atoms with Crippen molar-refractivity contribution in [3.63, 3.8) is 0 Å². The van der Waals surface area contributed by atoms with E-state index in [1.54, 1.807) is 6.07 Å². The van der Waals surface area contributed by atoms with Gasteiger partial charge in [0.2, 0.25) is 0 Å².